The van der Waals surface area contributed by atoms with Crippen LogP contribution in [0.15, 0.2) is 54.6 Å². The summed E-state index contributed by atoms with van der Waals surface area (Å²) in [5, 5.41) is 17.2. The van der Waals surface area contributed by atoms with Gasteiger partial charge in [0.05, 0.1) is 0 Å². The molecule has 0 aliphatic carbocycles. The summed E-state index contributed by atoms with van der Waals surface area (Å²) in [5.74, 6) is 0.869. The number of anilines is 2. The third-order valence-electron chi connectivity index (χ3n) is 4.68. The lowest BCUT2D eigenvalue weighted by atomic mass is 10.0. The molecule has 0 saturated carbocycles. The van der Waals surface area contributed by atoms with E-state index in [-0.39, 0.29) is 5.75 Å². The number of pyridine rings is 1. The van der Waals surface area contributed by atoms with Crippen LogP contribution in [0.1, 0.15) is 12.8 Å². The van der Waals surface area contributed by atoms with Crippen LogP contribution in [0.3, 0.4) is 0 Å². The maximum absolute atomic E-state index is 12.0. The highest BCUT2D eigenvalue weighted by atomic mass is 35.5. The van der Waals surface area contributed by atoms with Crippen molar-refractivity contribution in [3.05, 3.63) is 59.6 Å². The third-order valence-corrected chi connectivity index (χ3v) is 4.92. The van der Waals surface area contributed by atoms with Crippen LogP contribution in [0.25, 0.3) is 10.9 Å². The fourth-order valence-corrected chi connectivity index (χ4v) is 3.54. The first-order chi connectivity index (χ1) is 12.2. The molecule has 0 amide bonds. The number of nitrogens with one attached hydrogen (secondary N) is 1. The first kappa shape index (κ1) is 16.0. The molecule has 127 valence electrons. The molecule has 1 aromatic heterocycles. The van der Waals surface area contributed by atoms with E-state index in [0.29, 0.717) is 11.6 Å². The largest absolute Gasteiger partial charge is 0.382 e. The van der Waals surface area contributed by atoms with Gasteiger partial charge in [-0.1, -0.05) is 29.8 Å². The second-order valence-corrected chi connectivity index (χ2v) is 6.85. The average Bonchev–Trinajstić information content (AvgIpc) is 2.63. The Kier molecular flexibility index (Phi) is 4.36. The highest BCUT2D eigenvalue weighted by molar-refractivity contribution is 6.30. The Balaban J connectivity index is 1.44. The van der Waals surface area contributed by atoms with E-state index in [0.717, 1.165) is 47.8 Å². The molecule has 2 aromatic carbocycles. The number of hydrogen-bond acceptors (Lipinski definition) is 3. The van der Waals surface area contributed by atoms with Crippen molar-refractivity contribution in [1.82, 2.24) is 4.98 Å². The number of benzene rings is 2. The molecule has 2 heterocycles. The van der Waals surface area contributed by atoms with Gasteiger partial charge < -0.3 is 10.2 Å². The fourth-order valence-electron chi connectivity index (χ4n) is 3.35. The van der Waals surface area contributed by atoms with Crippen molar-refractivity contribution in [2.75, 3.05) is 23.3 Å². The smallest absolute Gasteiger partial charge is 0.204 e. The zero-order chi connectivity index (χ0) is 17.2. The maximum Gasteiger partial charge on any atom is 0.204 e. The number of aromatic nitrogens is 1. The number of para-hydroxylation sites is 1. The number of piperidine rings is 1. The van der Waals surface area contributed by atoms with E-state index in [1.807, 2.05) is 42.5 Å². The van der Waals surface area contributed by atoms with Crippen molar-refractivity contribution < 1.29 is 5.11 Å². The van der Waals surface area contributed by atoms with Crippen molar-refractivity contribution in [3.8, 4) is 5.75 Å². The number of nitrogens with zero attached hydrogens (tertiary/aromatic N) is 2. The highest BCUT2D eigenvalue weighted by Gasteiger charge is 2.20. The van der Waals surface area contributed by atoms with Gasteiger partial charge in [-0.15, -0.1) is 0 Å². The second kappa shape index (κ2) is 6.81. The van der Waals surface area contributed by atoms with E-state index in [4.69, 9.17) is 11.6 Å². The van der Waals surface area contributed by atoms with E-state index in [2.05, 4.69) is 15.2 Å². The van der Waals surface area contributed by atoms with Crippen molar-refractivity contribution >= 4 is 34.0 Å². The van der Waals surface area contributed by atoms with Crippen LogP contribution in [0.4, 0.5) is 11.5 Å². The minimum Gasteiger partial charge on any atom is -0.382 e. The molecule has 1 fully saturated rings. The first-order valence-electron chi connectivity index (χ1n) is 8.53. The van der Waals surface area contributed by atoms with E-state index in [9.17, 15) is 5.11 Å². The number of fused-ring (bicyclic) bond motifs is 1. The molecule has 4 rings (SSSR count). The molecular formula is C20H19ClN3O. The van der Waals surface area contributed by atoms with Gasteiger partial charge in [-0.3, -0.25) is 5.11 Å². The van der Waals surface area contributed by atoms with Gasteiger partial charge in [0.1, 0.15) is 11.3 Å². The van der Waals surface area contributed by atoms with Crippen LogP contribution >= 0.6 is 11.6 Å². The Morgan fingerprint density at radius 2 is 1.84 bits per heavy atom. The average molecular weight is 353 g/mol. The van der Waals surface area contributed by atoms with Gasteiger partial charge in [0.15, 0.2) is 0 Å². The molecule has 0 unspecified atom stereocenters. The predicted molar refractivity (Wildman–Crippen MR) is 102 cm³/mol. The zero-order valence-corrected chi connectivity index (χ0v) is 14.5. The molecule has 0 spiro atoms. The quantitative estimate of drug-likeness (QED) is 0.712. The summed E-state index contributed by atoms with van der Waals surface area (Å²) >= 11 is 6.04. The molecule has 3 aromatic rings. The summed E-state index contributed by atoms with van der Waals surface area (Å²) in [6, 6.07) is 17.5. The molecule has 1 aliphatic rings. The lowest BCUT2D eigenvalue weighted by molar-refractivity contribution is 0.359. The predicted octanol–water partition coefficient (Wildman–Crippen LogP) is 5.11. The first-order valence-corrected chi connectivity index (χ1v) is 8.91. The lowest BCUT2D eigenvalue weighted by Gasteiger charge is -2.33. The van der Waals surface area contributed by atoms with Crippen LogP contribution in [-0.4, -0.2) is 24.1 Å². The van der Waals surface area contributed by atoms with Gasteiger partial charge in [0, 0.05) is 35.2 Å². The summed E-state index contributed by atoms with van der Waals surface area (Å²) in [4.78, 5) is 6.85. The molecule has 4 nitrogen and oxygen atoms in total. The molecule has 25 heavy (non-hydrogen) atoms. The Labute approximate surface area is 152 Å². The third kappa shape index (κ3) is 3.49. The number of rotatable bonds is 3. The molecule has 0 bridgehead atoms. The van der Waals surface area contributed by atoms with Gasteiger partial charge in [-0.25, -0.2) is 4.98 Å². The summed E-state index contributed by atoms with van der Waals surface area (Å²) in [6.07, 6.45) is 2.04. The Bertz CT molecular complexity index is 891. The van der Waals surface area contributed by atoms with Crippen molar-refractivity contribution in [3.63, 3.8) is 0 Å². The van der Waals surface area contributed by atoms with Gasteiger partial charge in [-0.05, 0) is 49.2 Å². The number of halogens is 1. The summed E-state index contributed by atoms with van der Waals surface area (Å²) in [7, 11) is 0. The number of hydrogen-bond donors (Lipinski definition) is 1. The van der Waals surface area contributed by atoms with Crippen LogP contribution < -0.4 is 10.2 Å². The Morgan fingerprint density at radius 1 is 1.04 bits per heavy atom. The molecule has 1 aliphatic heterocycles. The highest BCUT2D eigenvalue weighted by Crippen LogP contribution is 2.27. The topological polar surface area (TPSA) is 48.1 Å². The molecule has 1 radical (unpaired) electrons. The summed E-state index contributed by atoms with van der Waals surface area (Å²) in [5.41, 5.74) is 1.62. The van der Waals surface area contributed by atoms with E-state index in [1.165, 1.54) is 0 Å². The van der Waals surface area contributed by atoms with Crippen molar-refractivity contribution in [2.24, 2.45) is 0 Å². The fraction of sp³-hybridized carbons (Fsp3) is 0.250. The SMILES string of the molecule is [O]c1cccc2ccc(N3CCC(Nc4cccc(Cl)c4)CC3)nc12. The monoisotopic (exact) mass is 352 g/mol. The van der Waals surface area contributed by atoms with E-state index >= 15 is 0 Å². The Hall–Kier alpha value is -2.46. The molecule has 1 saturated heterocycles. The summed E-state index contributed by atoms with van der Waals surface area (Å²) < 4.78 is 0. The minimum absolute atomic E-state index is 0.0168. The van der Waals surface area contributed by atoms with Crippen LogP contribution in [0, 0.1) is 0 Å². The van der Waals surface area contributed by atoms with Crippen molar-refractivity contribution in [2.45, 2.75) is 18.9 Å². The standard InChI is InChI=1S/C20H19ClN3O/c21-15-4-2-5-17(13-15)22-16-9-11-24(12-10-16)19-8-7-14-3-1-6-18(25)20(14)23-19/h1-8,13,16,22H,9-12H2. The summed E-state index contributed by atoms with van der Waals surface area (Å²) in [6.45, 7) is 1.83. The van der Waals surface area contributed by atoms with E-state index in [1.54, 1.807) is 12.1 Å². The zero-order valence-electron chi connectivity index (χ0n) is 13.8. The van der Waals surface area contributed by atoms with Crippen LogP contribution in [0.2, 0.25) is 5.02 Å². The van der Waals surface area contributed by atoms with Gasteiger partial charge in [0.25, 0.3) is 0 Å². The van der Waals surface area contributed by atoms with Crippen LogP contribution in [-0.2, 0) is 5.11 Å². The second-order valence-electron chi connectivity index (χ2n) is 6.41. The molecular weight excluding hydrogens is 334 g/mol. The molecule has 0 atom stereocenters. The van der Waals surface area contributed by atoms with Gasteiger partial charge in [-0.2, -0.15) is 0 Å². The lowest BCUT2D eigenvalue weighted by Crippen LogP contribution is -2.39. The minimum atomic E-state index is -0.0168. The Morgan fingerprint density at radius 3 is 2.64 bits per heavy atom. The molecule has 1 N–H and O–H groups in total. The van der Waals surface area contributed by atoms with Crippen molar-refractivity contribution in [1.29, 1.82) is 0 Å². The van der Waals surface area contributed by atoms with E-state index < -0.39 is 0 Å². The van der Waals surface area contributed by atoms with Gasteiger partial charge >= 0.3 is 0 Å². The van der Waals surface area contributed by atoms with Gasteiger partial charge in [0.2, 0.25) is 5.75 Å². The normalized spacial score (nSPS) is 15.5. The maximum atomic E-state index is 12.0. The molecule has 5 heteroatoms. The van der Waals surface area contributed by atoms with Crippen LogP contribution in [0.5, 0.6) is 5.75 Å².